The van der Waals surface area contributed by atoms with E-state index in [0.29, 0.717) is 10.8 Å². The molecule has 3 aromatic rings. The highest BCUT2D eigenvalue weighted by atomic mass is 35.5. The Balaban J connectivity index is 1.67. The average molecular weight is 367 g/mol. The van der Waals surface area contributed by atoms with Gasteiger partial charge in [0.05, 0.1) is 18.7 Å². The summed E-state index contributed by atoms with van der Waals surface area (Å²) in [6, 6.07) is 23.0. The zero-order valence-electron chi connectivity index (χ0n) is 14.3. The molecule has 132 valence electrons. The van der Waals surface area contributed by atoms with Crippen molar-refractivity contribution < 1.29 is 9.53 Å². The fourth-order valence-corrected chi connectivity index (χ4v) is 2.87. The maximum absolute atomic E-state index is 12.3. The molecule has 0 radical (unpaired) electrons. The van der Waals surface area contributed by atoms with Crippen LogP contribution in [0, 0.1) is 0 Å². The number of hydrogen-bond donors (Lipinski definition) is 2. The van der Waals surface area contributed by atoms with Crippen LogP contribution in [0.15, 0.2) is 72.8 Å². The highest BCUT2D eigenvalue weighted by molar-refractivity contribution is 6.32. The lowest BCUT2D eigenvalue weighted by molar-refractivity contribution is -0.114. The Morgan fingerprint density at radius 2 is 1.73 bits per heavy atom. The molecule has 0 fully saturated rings. The number of rotatable bonds is 6. The largest absolute Gasteiger partial charge is 0.495 e. The van der Waals surface area contributed by atoms with Gasteiger partial charge in [0.25, 0.3) is 0 Å². The molecule has 0 aliphatic heterocycles. The number of ether oxygens (including phenoxy) is 1. The first kappa shape index (κ1) is 17.8. The first-order chi connectivity index (χ1) is 12.7. The van der Waals surface area contributed by atoms with Crippen LogP contribution in [0.2, 0.25) is 5.02 Å². The van der Waals surface area contributed by atoms with E-state index in [2.05, 4.69) is 10.6 Å². The van der Waals surface area contributed by atoms with Crippen LogP contribution in [-0.2, 0) is 4.79 Å². The molecular weight excluding hydrogens is 348 g/mol. The monoisotopic (exact) mass is 366 g/mol. The second-order valence-corrected chi connectivity index (χ2v) is 6.07. The van der Waals surface area contributed by atoms with Crippen LogP contribution in [0.3, 0.4) is 0 Å². The van der Waals surface area contributed by atoms with Crippen molar-refractivity contribution in [1.29, 1.82) is 0 Å². The Hall–Kier alpha value is -2.98. The van der Waals surface area contributed by atoms with Crippen LogP contribution in [0.4, 0.5) is 11.4 Å². The average Bonchev–Trinajstić information content (AvgIpc) is 2.67. The SMILES string of the molecule is COc1ccc(NCC(=O)Nc2ccccc2-c2ccccc2)cc1Cl. The molecule has 0 heterocycles. The van der Waals surface area contributed by atoms with Crippen LogP contribution < -0.4 is 15.4 Å². The van der Waals surface area contributed by atoms with Gasteiger partial charge in [-0.05, 0) is 29.8 Å². The molecule has 4 nitrogen and oxygen atoms in total. The van der Waals surface area contributed by atoms with Gasteiger partial charge in [0.1, 0.15) is 5.75 Å². The Labute approximate surface area is 157 Å². The Morgan fingerprint density at radius 3 is 2.46 bits per heavy atom. The first-order valence-electron chi connectivity index (χ1n) is 8.19. The summed E-state index contributed by atoms with van der Waals surface area (Å²) in [6.07, 6.45) is 0. The van der Waals surface area contributed by atoms with Gasteiger partial charge >= 0.3 is 0 Å². The third-order valence-corrected chi connectivity index (χ3v) is 4.19. The maximum atomic E-state index is 12.3. The lowest BCUT2D eigenvalue weighted by atomic mass is 10.0. The van der Waals surface area contributed by atoms with E-state index in [1.165, 1.54) is 0 Å². The normalized spacial score (nSPS) is 10.2. The maximum Gasteiger partial charge on any atom is 0.243 e. The van der Waals surface area contributed by atoms with E-state index in [-0.39, 0.29) is 12.5 Å². The van der Waals surface area contributed by atoms with E-state index in [4.69, 9.17) is 16.3 Å². The van der Waals surface area contributed by atoms with Crippen LogP contribution in [-0.4, -0.2) is 19.6 Å². The summed E-state index contributed by atoms with van der Waals surface area (Å²) in [6.45, 7) is 0.131. The quantitative estimate of drug-likeness (QED) is 0.640. The van der Waals surface area contributed by atoms with Crippen LogP contribution in [0.1, 0.15) is 0 Å². The highest BCUT2D eigenvalue weighted by Crippen LogP contribution is 2.28. The number of halogens is 1. The molecule has 0 unspecified atom stereocenters. The van der Waals surface area contributed by atoms with Crippen molar-refractivity contribution >= 4 is 28.9 Å². The minimum absolute atomic E-state index is 0.131. The lowest BCUT2D eigenvalue weighted by Crippen LogP contribution is -2.22. The third-order valence-electron chi connectivity index (χ3n) is 3.89. The second kappa shape index (κ2) is 8.41. The molecule has 2 N–H and O–H groups in total. The van der Waals surface area contributed by atoms with Gasteiger partial charge in [0.15, 0.2) is 0 Å². The molecule has 0 saturated carbocycles. The number of hydrogen-bond acceptors (Lipinski definition) is 3. The van der Waals surface area contributed by atoms with Crippen molar-refractivity contribution in [3.05, 3.63) is 77.8 Å². The van der Waals surface area contributed by atoms with Gasteiger partial charge in [0.2, 0.25) is 5.91 Å². The van der Waals surface area contributed by atoms with Gasteiger partial charge in [-0.15, -0.1) is 0 Å². The molecular formula is C21H19ClN2O2. The number of carbonyl (C=O) groups is 1. The standard InChI is InChI=1S/C21H19ClN2O2/c1-26-20-12-11-16(13-18(20)22)23-14-21(25)24-19-10-6-5-9-17(19)15-7-3-2-4-8-15/h2-13,23H,14H2,1H3,(H,24,25). The topological polar surface area (TPSA) is 50.4 Å². The molecule has 1 amide bonds. The molecule has 0 atom stereocenters. The van der Waals surface area contributed by atoms with Crippen molar-refractivity contribution in [3.8, 4) is 16.9 Å². The summed E-state index contributed by atoms with van der Waals surface area (Å²) in [4.78, 5) is 12.3. The molecule has 26 heavy (non-hydrogen) atoms. The van der Waals surface area contributed by atoms with Crippen molar-refractivity contribution in [1.82, 2.24) is 0 Å². The smallest absolute Gasteiger partial charge is 0.243 e. The van der Waals surface area contributed by atoms with E-state index in [0.717, 1.165) is 22.5 Å². The number of carbonyl (C=O) groups excluding carboxylic acids is 1. The van der Waals surface area contributed by atoms with Crippen LogP contribution in [0.5, 0.6) is 5.75 Å². The molecule has 5 heteroatoms. The van der Waals surface area contributed by atoms with E-state index < -0.39 is 0 Å². The number of para-hydroxylation sites is 1. The first-order valence-corrected chi connectivity index (χ1v) is 8.57. The molecule has 0 aliphatic rings. The number of benzene rings is 3. The van der Waals surface area contributed by atoms with Gasteiger partial charge in [-0.3, -0.25) is 4.79 Å². The van der Waals surface area contributed by atoms with Crippen molar-refractivity contribution in [3.63, 3.8) is 0 Å². The fraction of sp³-hybridized carbons (Fsp3) is 0.0952. The predicted molar refractivity (Wildman–Crippen MR) is 107 cm³/mol. The molecule has 0 bridgehead atoms. The summed E-state index contributed by atoms with van der Waals surface area (Å²) in [7, 11) is 1.56. The highest BCUT2D eigenvalue weighted by Gasteiger charge is 2.08. The van der Waals surface area contributed by atoms with Crippen molar-refractivity contribution in [2.45, 2.75) is 0 Å². The van der Waals surface area contributed by atoms with Gasteiger partial charge in [0, 0.05) is 16.9 Å². The lowest BCUT2D eigenvalue weighted by Gasteiger charge is -2.12. The molecule has 0 aliphatic carbocycles. The molecule has 3 aromatic carbocycles. The predicted octanol–water partition coefficient (Wildman–Crippen LogP) is 5.07. The Bertz CT molecular complexity index is 898. The molecule has 0 aromatic heterocycles. The number of amides is 1. The number of methoxy groups -OCH3 is 1. The summed E-state index contributed by atoms with van der Waals surface area (Å²) in [5.41, 5.74) is 3.56. The van der Waals surface area contributed by atoms with Gasteiger partial charge in [-0.25, -0.2) is 0 Å². The molecule has 0 spiro atoms. The Morgan fingerprint density at radius 1 is 1.00 bits per heavy atom. The summed E-state index contributed by atoms with van der Waals surface area (Å²) in [5.74, 6) is 0.457. The van der Waals surface area contributed by atoms with Crippen LogP contribution >= 0.6 is 11.6 Å². The van der Waals surface area contributed by atoms with Gasteiger partial charge in [-0.2, -0.15) is 0 Å². The fourth-order valence-electron chi connectivity index (χ4n) is 2.61. The van der Waals surface area contributed by atoms with E-state index in [1.807, 2.05) is 60.7 Å². The van der Waals surface area contributed by atoms with Gasteiger partial charge < -0.3 is 15.4 Å². The summed E-state index contributed by atoms with van der Waals surface area (Å²) in [5, 5.41) is 6.51. The summed E-state index contributed by atoms with van der Waals surface area (Å²) >= 11 is 6.10. The number of nitrogens with one attached hydrogen (secondary N) is 2. The summed E-state index contributed by atoms with van der Waals surface area (Å²) < 4.78 is 5.12. The van der Waals surface area contributed by atoms with E-state index in [9.17, 15) is 4.79 Å². The minimum Gasteiger partial charge on any atom is -0.495 e. The Kier molecular flexibility index (Phi) is 5.77. The molecule has 0 saturated heterocycles. The number of anilines is 2. The third kappa shape index (κ3) is 4.35. The van der Waals surface area contributed by atoms with E-state index >= 15 is 0 Å². The second-order valence-electron chi connectivity index (χ2n) is 5.66. The van der Waals surface area contributed by atoms with Crippen molar-refractivity contribution in [2.24, 2.45) is 0 Å². The zero-order chi connectivity index (χ0) is 18.4. The van der Waals surface area contributed by atoms with Gasteiger partial charge in [-0.1, -0.05) is 60.1 Å². The van der Waals surface area contributed by atoms with Crippen LogP contribution in [0.25, 0.3) is 11.1 Å². The van der Waals surface area contributed by atoms with Crippen molar-refractivity contribution in [2.75, 3.05) is 24.3 Å². The minimum atomic E-state index is -0.139. The molecule has 3 rings (SSSR count). The van der Waals surface area contributed by atoms with E-state index in [1.54, 1.807) is 19.2 Å². The zero-order valence-corrected chi connectivity index (χ0v) is 15.1.